The molecule has 0 bridgehead atoms. The summed E-state index contributed by atoms with van der Waals surface area (Å²) in [6, 6.07) is 13.6. The summed E-state index contributed by atoms with van der Waals surface area (Å²) in [6.07, 6.45) is 3.34. The maximum atomic E-state index is 12.4. The van der Waals surface area contributed by atoms with Crippen molar-refractivity contribution in [2.24, 2.45) is 0 Å². The topological polar surface area (TPSA) is 69.0 Å². The molecule has 26 heavy (non-hydrogen) atoms. The van der Waals surface area contributed by atoms with Crippen molar-refractivity contribution in [2.75, 3.05) is 0 Å². The number of fused-ring (bicyclic) bond motifs is 1. The Balaban J connectivity index is 1.43. The smallest absolute Gasteiger partial charge is 0.272 e. The molecule has 1 atom stereocenters. The van der Waals surface area contributed by atoms with E-state index in [1.165, 1.54) is 0 Å². The van der Waals surface area contributed by atoms with Crippen LogP contribution in [-0.2, 0) is 24.4 Å². The summed E-state index contributed by atoms with van der Waals surface area (Å²) in [5, 5.41) is 7.34. The highest BCUT2D eigenvalue weighted by Crippen LogP contribution is 2.27. The first-order chi connectivity index (χ1) is 12.7. The van der Waals surface area contributed by atoms with Crippen LogP contribution < -0.4 is 5.32 Å². The quantitative estimate of drug-likeness (QED) is 0.713. The number of nitrogens with zero attached hydrogens (tertiary/aromatic N) is 3. The van der Waals surface area contributed by atoms with Crippen LogP contribution in [0.1, 0.15) is 33.4 Å². The standard InChI is InChI=1S/C19H17BrN4O2/c20-15-3-1-14(2-4-15)18-11-24-16(12-26-18)9-17(23-24)19(25)22-10-13-5-7-21-8-6-13/h1-9,18H,10-12H2,(H,22,25). The Labute approximate surface area is 159 Å². The third kappa shape index (κ3) is 3.68. The molecular formula is C19H17BrN4O2. The Morgan fingerprint density at radius 1 is 1.23 bits per heavy atom. The zero-order valence-electron chi connectivity index (χ0n) is 13.9. The molecule has 0 saturated heterocycles. The van der Waals surface area contributed by atoms with Crippen LogP contribution >= 0.6 is 15.9 Å². The fourth-order valence-corrected chi connectivity index (χ4v) is 3.15. The highest BCUT2D eigenvalue weighted by Gasteiger charge is 2.24. The van der Waals surface area contributed by atoms with Crippen molar-refractivity contribution in [1.82, 2.24) is 20.1 Å². The van der Waals surface area contributed by atoms with E-state index in [-0.39, 0.29) is 12.0 Å². The van der Waals surface area contributed by atoms with Gasteiger partial charge in [0.2, 0.25) is 0 Å². The van der Waals surface area contributed by atoms with E-state index in [9.17, 15) is 4.79 Å². The average Bonchev–Trinajstić information content (AvgIpc) is 3.11. The van der Waals surface area contributed by atoms with Gasteiger partial charge in [0.05, 0.1) is 18.8 Å². The summed E-state index contributed by atoms with van der Waals surface area (Å²) in [5.41, 5.74) is 3.41. The molecule has 4 rings (SSSR count). The molecule has 1 amide bonds. The van der Waals surface area contributed by atoms with Gasteiger partial charge in [0, 0.05) is 23.4 Å². The van der Waals surface area contributed by atoms with Crippen LogP contribution in [0.4, 0.5) is 0 Å². The van der Waals surface area contributed by atoms with Gasteiger partial charge >= 0.3 is 0 Å². The van der Waals surface area contributed by atoms with Gasteiger partial charge in [0.25, 0.3) is 5.91 Å². The molecule has 2 aromatic heterocycles. The van der Waals surface area contributed by atoms with Crippen molar-refractivity contribution in [1.29, 1.82) is 0 Å². The van der Waals surface area contributed by atoms with E-state index >= 15 is 0 Å². The lowest BCUT2D eigenvalue weighted by molar-refractivity contribution is -0.00120. The van der Waals surface area contributed by atoms with Crippen molar-refractivity contribution in [3.05, 3.63) is 81.8 Å². The highest BCUT2D eigenvalue weighted by molar-refractivity contribution is 9.10. The number of pyridine rings is 1. The normalized spacial score (nSPS) is 16.1. The van der Waals surface area contributed by atoms with Gasteiger partial charge in [0.15, 0.2) is 5.69 Å². The van der Waals surface area contributed by atoms with E-state index in [0.717, 1.165) is 21.3 Å². The third-order valence-corrected chi connectivity index (χ3v) is 4.84. The molecule has 0 spiro atoms. The number of hydrogen-bond acceptors (Lipinski definition) is 4. The zero-order chi connectivity index (χ0) is 17.9. The maximum absolute atomic E-state index is 12.4. The number of carbonyl (C=O) groups is 1. The summed E-state index contributed by atoms with van der Waals surface area (Å²) < 4.78 is 8.83. The number of rotatable bonds is 4. The highest BCUT2D eigenvalue weighted by atomic mass is 79.9. The van der Waals surface area contributed by atoms with Crippen LogP contribution in [0.25, 0.3) is 0 Å². The number of carbonyl (C=O) groups excluding carboxylic acids is 1. The lowest BCUT2D eigenvalue weighted by Crippen LogP contribution is -2.24. The van der Waals surface area contributed by atoms with Crippen LogP contribution in [0.3, 0.4) is 0 Å². The summed E-state index contributed by atoms with van der Waals surface area (Å²) in [6.45, 7) is 1.47. The van der Waals surface area contributed by atoms with E-state index in [1.807, 2.05) is 41.1 Å². The SMILES string of the molecule is O=C(NCc1ccncc1)c1cc2n(n1)CC(c1ccc(Br)cc1)OC2. The van der Waals surface area contributed by atoms with E-state index in [2.05, 4.69) is 31.3 Å². The minimum atomic E-state index is -0.191. The monoisotopic (exact) mass is 412 g/mol. The minimum Gasteiger partial charge on any atom is -0.365 e. The van der Waals surface area contributed by atoms with E-state index in [1.54, 1.807) is 18.5 Å². The third-order valence-electron chi connectivity index (χ3n) is 4.31. The van der Waals surface area contributed by atoms with Gasteiger partial charge < -0.3 is 10.1 Å². The van der Waals surface area contributed by atoms with Crippen LogP contribution in [0, 0.1) is 0 Å². The van der Waals surface area contributed by atoms with Gasteiger partial charge in [-0.05, 0) is 41.5 Å². The number of amides is 1. The molecule has 1 unspecified atom stereocenters. The maximum Gasteiger partial charge on any atom is 0.272 e. The van der Waals surface area contributed by atoms with Crippen molar-refractivity contribution in [3.63, 3.8) is 0 Å². The number of ether oxygens (including phenoxy) is 1. The number of hydrogen-bond donors (Lipinski definition) is 1. The van der Waals surface area contributed by atoms with E-state index < -0.39 is 0 Å². The second-order valence-corrected chi connectivity index (χ2v) is 7.01. The Kier molecular flexibility index (Phi) is 4.81. The molecule has 6 nitrogen and oxygen atoms in total. The Morgan fingerprint density at radius 2 is 2.00 bits per heavy atom. The second-order valence-electron chi connectivity index (χ2n) is 6.09. The molecule has 0 fully saturated rings. The van der Waals surface area contributed by atoms with Crippen molar-refractivity contribution in [2.45, 2.75) is 25.8 Å². The number of halogens is 1. The summed E-state index contributed by atoms with van der Waals surface area (Å²) in [4.78, 5) is 16.3. The van der Waals surface area contributed by atoms with Gasteiger partial charge in [0.1, 0.15) is 6.10 Å². The Morgan fingerprint density at radius 3 is 2.77 bits per heavy atom. The lowest BCUT2D eigenvalue weighted by Gasteiger charge is -2.24. The summed E-state index contributed by atoms with van der Waals surface area (Å²) >= 11 is 3.44. The molecule has 0 radical (unpaired) electrons. The fourth-order valence-electron chi connectivity index (χ4n) is 2.89. The Bertz CT molecular complexity index is 909. The molecule has 1 N–H and O–H groups in total. The average molecular weight is 413 g/mol. The molecule has 0 aliphatic carbocycles. The van der Waals surface area contributed by atoms with Crippen LogP contribution in [-0.4, -0.2) is 20.7 Å². The van der Waals surface area contributed by atoms with Gasteiger partial charge in [-0.2, -0.15) is 5.10 Å². The van der Waals surface area contributed by atoms with Crippen molar-refractivity contribution in [3.8, 4) is 0 Å². The molecule has 132 valence electrons. The van der Waals surface area contributed by atoms with Crippen LogP contribution in [0.5, 0.6) is 0 Å². The van der Waals surface area contributed by atoms with Crippen molar-refractivity contribution < 1.29 is 9.53 Å². The molecule has 0 saturated carbocycles. The molecule has 1 aromatic carbocycles. The van der Waals surface area contributed by atoms with Gasteiger partial charge in [-0.25, -0.2) is 0 Å². The summed E-state index contributed by atoms with van der Waals surface area (Å²) in [5.74, 6) is -0.191. The molecular weight excluding hydrogens is 396 g/mol. The van der Waals surface area contributed by atoms with Crippen LogP contribution in [0.15, 0.2) is 59.3 Å². The predicted molar refractivity (Wildman–Crippen MR) is 99.3 cm³/mol. The van der Waals surface area contributed by atoms with Crippen molar-refractivity contribution >= 4 is 21.8 Å². The molecule has 1 aliphatic rings. The van der Waals surface area contributed by atoms with Gasteiger partial charge in [-0.1, -0.05) is 28.1 Å². The van der Waals surface area contributed by atoms with Crippen LogP contribution in [0.2, 0.25) is 0 Å². The first-order valence-corrected chi connectivity index (χ1v) is 9.09. The number of nitrogens with one attached hydrogen (secondary N) is 1. The molecule has 1 aliphatic heterocycles. The first-order valence-electron chi connectivity index (χ1n) is 8.30. The molecule has 7 heteroatoms. The van der Waals surface area contributed by atoms with E-state index in [0.29, 0.717) is 25.4 Å². The number of aromatic nitrogens is 3. The Hall–Kier alpha value is -2.51. The molecule has 3 heterocycles. The largest absolute Gasteiger partial charge is 0.365 e. The van der Waals surface area contributed by atoms with Gasteiger partial charge in [-0.3, -0.25) is 14.5 Å². The molecule has 3 aromatic rings. The van der Waals surface area contributed by atoms with Gasteiger partial charge in [-0.15, -0.1) is 0 Å². The number of benzene rings is 1. The zero-order valence-corrected chi connectivity index (χ0v) is 15.5. The predicted octanol–water partition coefficient (Wildman–Crippen LogP) is 3.24. The summed E-state index contributed by atoms with van der Waals surface area (Å²) in [7, 11) is 0. The van der Waals surface area contributed by atoms with E-state index in [4.69, 9.17) is 4.74 Å². The first kappa shape index (κ1) is 16.9. The lowest BCUT2D eigenvalue weighted by atomic mass is 10.1. The second kappa shape index (κ2) is 7.39. The fraction of sp³-hybridized carbons (Fsp3) is 0.211. The minimum absolute atomic E-state index is 0.0665.